The molecule has 6 heteroatoms. The smallest absolute Gasteiger partial charge is 0.254 e. The highest BCUT2D eigenvalue weighted by Gasteiger charge is 2.47. The molecular weight excluding hydrogens is 442 g/mol. The first-order chi connectivity index (χ1) is 16.7. The Balaban J connectivity index is 1.57. The molecule has 1 fully saturated rings. The Bertz CT molecular complexity index is 933. The van der Waals surface area contributed by atoms with E-state index in [2.05, 4.69) is 40.4 Å². The highest BCUT2D eigenvalue weighted by Crippen LogP contribution is 2.47. The summed E-state index contributed by atoms with van der Waals surface area (Å²) in [5, 5.41) is 5.31. The fourth-order valence-corrected chi connectivity index (χ4v) is 6.63. The number of nitrogens with one attached hydrogen (secondary N) is 1. The maximum Gasteiger partial charge on any atom is 0.254 e. The number of hydrogen-bond acceptors (Lipinski definition) is 4. The lowest BCUT2D eigenvalue weighted by molar-refractivity contribution is -0.124. The number of thiophene rings is 1. The van der Waals surface area contributed by atoms with Gasteiger partial charge in [0.15, 0.2) is 0 Å². The summed E-state index contributed by atoms with van der Waals surface area (Å²) in [5.41, 5.74) is 1.57. The van der Waals surface area contributed by atoms with Gasteiger partial charge in [0.2, 0.25) is 5.91 Å². The van der Waals surface area contributed by atoms with Gasteiger partial charge in [0.25, 0.3) is 5.91 Å². The maximum atomic E-state index is 13.8. The predicted molar refractivity (Wildman–Crippen MR) is 139 cm³/mol. The monoisotopic (exact) mass is 481 g/mol. The van der Waals surface area contributed by atoms with Gasteiger partial charge in [-0.05, 0) is 74.8 Å². The Morgan fingerprint density at radius 2 is 1.79 bits per heavy atom. The molecule has 1 N–H and O–H groups in total. The summed E-state index contributed by atoms with van der Waals surface area (Å²) in [6.07, 6.45) is 7.59. The van der Waals surface area contributed by atoms with Gasteiger partial charge in [0, 0.05) is 23.0 Å². The van der Waals surface area contributed by atoms with Crippen LogP contribution >= 0.6 is 11.3 Å². The second kappa shape index (κ2) is 12.0. The Hall–Kier alpha value is -2.18. The molecule has 2 aliphatic rings. The van der Waals surface area contributed by atoms with Gasteiger partial charge < -0.3 is 15.1 Å². The van der Waals surface area contributed by atoms with E-state index in [0.29, 0.717) is 12.1 Å². The quantitative estimate of drug-likeness (QED) is 0.425. The zero-order chi connectivity index (χ0) is 23.9. The Morgan fingerprint density at radius 3 is 2.47 bits per heavy atom. The Labute approximate surface area is 208 Å². The summed E-state index contributed by atoms with van der Waals surface area (Å²) in [5.74, 6) is -0.255. The van der Waals surface area contributed by atoms with Gasteiger partial charge in [-0.1, -0.05) is 51.0 Å². The van der Waals surface area contributed by atoms with E-state index < -0.39 is 0 Å². The van der Waals surface area contributed by atoms with Crippen LogP contribution in [0.25, 0.3) is 0 Å². The van der Waals surface area contributed by atoms with Crippen molar-refractivity contribution in [3.8, 4) is 0 Å². The number of rotatable bonds is 11. The van der Waals surface area contributed by atoms with Gasteiger partial charge in [-0.15, -0.1) is 11.3 Å². The minimum Gasteiger partial charge on any atom is -0.355 e. The fraction of sp³-hybridized carbons (Fsp3) is 0.571. The predicted octanol–water partition coefficient (Wildman–Crippen LogP) is 5.60. The zero-order valence-corrected chi connectivity index (χ0v) is 21.5. The van der Waals surface area contributed by atoms with Crippen LogP contribution in [0.5, 0.6) is 0 Å². The van der Waals surface area contributed by atoms with E-state index in [1.165, 1.54) is 0 Å². The van der Waals surface area contributed by atoms with Crippen molar-refractivity contribution in [2.24, 2.45) is 0 Å². The van der Waals surface area contributed by atoms with Gasteiger partial charge in [-0.2, -0.15) is 0 Å². The molecule has 184 valence electrons. The highest BCUT2D eigenvalue weighted by molar-refractivity contribution is 7.10. The number of nitrogens with zero attached hydrogens (tertiary/aromatic N) is 2. The summed E-state index contributed by atoms with van der Waals surface area (Å²) >= 11 is 1.65. The number of amides is 2. The SMILES string of the molecule is CCCN(CCC)CCCNC(=O)[C@@H]1c2ccccc2C(=O)N(C2CCCC2)[C@@H]1c1cccs1. The van der Waals surface area contributed by atoms with Gasteiger partial charge >= 0.3 is 0 Å². The summed E-state index contributed by atoms with van der Waals surface area (Å²) in [4.78, 5) is 33.2. The lowest BCUT2D eigenvalue weighted by Gasteiger charge is -2.44. The molecule has 0 spiro atoms. The number of hydrogen-bond donors (Lipinski definition) is 1. The Kier molecular flexibility index (Phi) is 8.79. The van der Waals surface area contributed by atoms with Crippen LogP contribution in [0.15, 0.2) is 41.8 Å². The van der Waals surface area contributed by atoms with E-state index in [-0.39, 0.29) is 29.8 Å². The van der Waals surface area contributed by atoms with E-state index in [1.54, 1.807) is 11.3 Å². The van der Waals surface area contributed by atoms with E-state index in [0.717, 1.165) is 75.0 Å². The van der Waals surface area contributed by atoms with Crippen molar-refractivity contribution < 1.29 is 9.59 Å². The molecule has 1 aromatic heterocycles. The van der Waals surface area contributed by atoms with Crippen LogP contribution in [0.1, 0.15) is 91.6 Å². The van der Waals surface area contributed by atoms with Crippen LogP contribution in [-0.2, 0) is 4.79 Å². The summed E-state index contributed by atoms with van der Waals surface area (Å²) in [6, 6.07) is 11.8. The first-order valence-electron chi connectivity index (χ1n) is 13.1. The van der Waals surface area contributed by atoms with E-state index in [1.807, 2.05) is 30.3 Å². The van der Waals surface area contributed by atoms with Gasteiger partial charge in [0.05, 0.1) is 12.0 Å². The zero-order valence-electron chi connectivity index (χ0n) is 20.7. The maximum absolute atomic E-state index is 13.8. The second-order valence-corrected chi connectivity index (χ2v) is 10.6. The minimum atomic E-state index is -0.379. The fourth-order valence-electron chi connectivity index (χ4n) is 5.77. The molecule has 1 aliphatic carbocycles. The molecule has 2 heterocycles. The standard InChI is InChI=1S/C28H39N3O2S/c1-3-17-30(18-4-2)19-10-16-29-27(32)25-22-13-7-8-14-23(22)28(33)31(21-11-5-6-12-21)26(25)24-15-9-20-34-24/h7-9,13-15,20-21,25-26H,3-6,10-12,16-19H2,1-2H3,(H,29,32)/t25-,26-/m1/s1. The van der Waals surface area contributed by atoms with Crippen LogP contribution in [0.2, 0.25) is 0 Å². The average molecular weight is 482 g/mol. The van der Waals surface area contributed by atoms with Crippen LogP contribution in [0.3, 0.4) is 0 Å². The second-order valence-electron chi connectivity index (χ2n) is 9.66. The largest absolute Gasteiger partial charge is 0.355 e. The van der Waals surface area contributed by atoms with Crippen molar-refractivity contribution in [3.05, 3.63) is 57.8 Å². The number of carbonyl (C=O) groups is 2. The first kappa shape index (κ1) is 24.9. The normalized spacial score (nSPS) is 20.7. The van der Waals surface area contributed by atoms with Crippen molar-refractivity contribution in [1.29, 1.82) is 0 Å². The molecule has 1 aliphatic heterocycles. The molecule has 2 amide bonds. The van der Waals surface area contributed by atoms with E-state index >= 15 is 0 Å². The van der Waals surface area contributed by atoms with Crippen molar-refractivity contribution in [2.75, 3.05) is 26.2 Å². The molecule has 4 rings (SSSR count). The van der Waals surface area contributed by atoms with E-state index in [4.69, 9.17) is 0 Å². The van der Waals surface area contributed by atoms with Gasteiger partial charge in [0.1, 0.15) is 0 Å². The minimum absolute atomic E-state index is 0.0406. The number of benzene rings is 1. The molecule has 1 saturated carbocycles. The lowest BCUT2D eigenvalue weighted by Crippen LogP contribution is -2.50. The molecule has 34 heavy (non-hydrogen) atoms. The first-order valence-corrected chi connectivity index (χ1v) is 14.0. The molecular formula is C28H39N3O2S. The third-order valence-electron chi connectivity index (χ3n) is 7.24. The molecule has 5 nitrogen and oxygen atoms in total. The van der Waals surface area contributed by atoms with Crippen molar-refractivity contribution in [3.63, 3.8) is 0 Å². The van der Waals surface area contributed by atoms with Crippen LogP contribution in [0.4, 0.5) is 0 Å². The van der Waals surface area contributed by atoms with E-state index in [9.17, 15) is 9.59 Å². The number of carbonyl (C=O) groups excluding carboxylic acids is 2. The van der Waals surface area contributed by atoms with Crippen molar-refractivity contribution in [1.82, 2.24) is 15.1 Å². The summed E-state index contributed by atoms with van der Waals surface area (Å²) < 4.78 is 0. The molecule has 2 aromatic rings. The van der Waals surface area contributed by atoms with Gasteiger partial charge in [-0.25, -0.2) is 0 Å². The van der Waals surface area contributed by atoms with Crippen molar-refractivity contribution in [2.45, 2.75) is 76.8 Å². The third kappa shape index (κ3) is 5.38. The molecule has 1 aromatic carbocycles. The lowest BCUT2D eigenvalue weighted by atomic mass is 9.80. The van der Waals surface area contributed by atoms with Gasteiger partial charge in [-0.3, -0.25) is 9.59 Å². The molecule has 0 unspecified atom stereocenters. The van der Waals surface area contributed by atoms with Crippen molar-refractivity contribution >= 4 is 23.2 Å². The molecule has 0 saturated heterocycles. The highest BCUT2D eigenvalue weighted by atomic mass is 32.1. The molecule has 2 atom stereocenters. The molecule has 0 radical (unpaired) electrons. The van der Waals surface area contributed by atoms with Crippen LogP contribution < -0.4 is 5.32 Å². The van der Waals surface area contributed by atoms with Crippen LogP contribution in [-0.4, -0.2) is 53.8 Å². The van der Waals surface area contributed by atoms with Crippen LogP contribution in [0, 0.1) is 0 Å². The average Bonchev–Trinajstić information content (AvgIpc) is 3.56. The number of fused-ring (bicyclic) bond motifs is 1. The summed E-state index contributed by atoms with van der Waals surface area (Å²) in [6.45, 7) is 8.31. The Morgan fingerprint density at radius 1 is 1.06 bits per heavy atom. The third-order valence-corrected chi connectivity index (χ3v) is 8.18. The topological polar surface area (TPSA) is 52.7 Å². The molecule has 0 bridgehead atoms. The summed E-state index contributed by atoms with van der Waals surface area (Å²) in [7, 11) is 0.